The lowest BCUT2D eigenvalue weighted by molar-refractivity contribution is -0.136. The van der Waals surface area contributed by atoms with E-state index in [1.807, 2.05) is 11.8 Å². The first kappa shape index (κ1) is 16.1. The van der Waals surface area contributed by atoms with Gasteiger partial charge >= 0.3 is 0 Å². The van der Waals surface area contributed by atoms with Crippen molar-refractivity contribution in [1.29, 1.82) is 0 Å². The number of hydrogen-bond donors (Lipinski definition) is 1. The van der Waals surface area contributed by atoms with E-state index in [1.54, 1.807) is 0 Å². The molecule has 5 heteroatoms. The average Bonchev–Trinajstić information content (AvgIpc) is 3.27. The van der Waals surface area contributed by atoms with E-state index in [-0.39, 0.29) is 24.0 Å². The van der Waals surface area contributed by atoms with Crippen molar-refractivity contribution in [2.75, 3.05) is 13.1 Å². The Morgan fingerprint density at radius 2 is 1.75 bits per heavy atom. The van der Waals surface area contributed by atoms with Gasteiger partial charge in [0.15, 0.2) is 0 Å². The van der Waals surface area contributed by atoms with E-state index in [0.717, 1.165) is 25.9 Å². The molecule has 5 nitrogen and oxygen atoms in total. The molecule has 0 aromatic carbocycles. The molecule has 4 aliphatic rings. The molecule has 0 aromatic heterocycles. The summed E-state index contributed by atoms with van der Waals surface area (Å²) in [5.41, 5.74) is 0. The molecule has 2 amide bonds. The summed E-state index contributed by atoms with van der Waals surface area (Å²) < 4.78 is 5.86. The Morgan fingerprint density at radius 1 is 1.12 bits per heavy atom. The minimum atomic E-state index is -0.425. The van der Waals surface area contributed by atoms with Crippen molar-refractivity contribution in [3.8, 4) is 0 Å². The van der Waals surface area contributed by atoms with Crippen molar-refractivity contribution < 1.29 is 14.3 Å². The highest BCUT2D eigenvalue weighted by molar-refractivity contribution is 5.87. The van der Waals surface area contributed by atoms with Gasteiger partial charge in [0.2, 0.25) is 11.8 Å². The third kappa shape index (κ3) is 2.99. The second-order valence-electron chi connectivity index (χ2n) is 8.02. The second kappa shape index (κ2) is 6.51. The minimum Gasteiger partial charge on any atom is -0.366 e. The highest BCUT2D eigenvalue weighted by Crippen LogP contribution is 2.43. The van der Waals surface area contributed by atoms with Crippen molar-refractivity contribution in [2.45, 2.75) is 63.7 Å². The monoisotopic (exact) mass is 332 g/mol. The van der Waals surface area contributed by atoms with Crippen molar-refractivity contribution in [1.82, 2.24) is 10.2 Å². The molecule has 0 radical (unpaired) electrons. The number of nitrogens with one attached hydrogen (secondary N) is 1. The van der Waals surface area contributed by atoms with Gasteiger partial charge in [0, 0.05) is 31.3 Å². The number of likely N-dealkylation sites (tertiary alicyclic amines) is 1. The lowest BCUT2D eigenvalue weighted by Gasteiger charge is -2.25. The SMILES string of the molecule is CC(NC(=O)CC1CCCCC1)C(=O)N1CC2C3C=CC(O3)C2C1. The first-order valence-electron chi connectivity index (χ1n) is 9.54. The van der Waals surface area contributed by atoms with Crippen LogP contribution in [0.25, 0.3) is 0 Å². The average molecular weight is 332 g/mol. The smallest absolute Gasteiger partial charge is 0.244 e. The molecule has 2 bridgehead atoms. The van der Waals surface area contributed by atoms with E-state index in [0.29, 0.717) is 24.2 Å². The molecular formula is C19H28N2O3. The third-order valence-corrected chi connectivity index (χ3v) is 6.32. The summed E-state index contributed by atoms with van der Waals surface area (Å²) in [6.45, 7) is 3.34. The van der Waals surface area contributed by atoms with Gasteiger partial charge in [-0.1, -0.05) is 31.4 Å². The van der Waals surface area contributed by atoms with Crippen molar-refractivity contribution >= 4 is 11.8 Å². The Bertz CT molecular complexity index is 521. The number of carbonyl (C=O) groups is 2. The Balaban J connectivity index is 1.26. The fraction of sp³-hybridized carbons (Fsp3) is 0.789. The third-order valence-electron chi connectivity index (χ3n) is 6.32. The Kier molecular flexibility index (Phi) is 4.37. The summed E-state index contributed by atoms with van der Waals surface area (Å²) in [7, 11) is 0. The summed E-state index contributed by atoms with van der Waals surface area (Å²) in [4.78, 5) is 26.9. The first-order chi connectivity index (χ1) is 11.6. The largest absolute Gasteiger partial charge is 0.366 e. The molecule has 132 valence electrons. The highest BCUT2D eigenvalue weighted by Gasteiger charge is 2.51. The van der Waals surface area contributed by atoms with Crippen LogP contribution in [0.2, 0.25) is 0 Å². The molecule has 1 N–H and O–H groups in total. The first-order valence-corrected chi connectivity index (χ1v) is 9.54. The zero-order chi connectivity index (χ0) is 16.7. The van der Waals surface area contributed by atoms with E-state index >= 15 is 0 Å². The molecule has 2 saturated heterocycles. The van der Waals surface area contributed by atoms with Gasteiger partial charge in [-0.2, -0.15) is 0 Å². The molecule has 1 aliphatic carbocycles. The Hall–Kier alpha value is -1.36. The van der Waals surface area contributed by atoms with E-state index in [9.17, 15) is 9.59 Å². The lowest BCUT2D eigenvalue weighted by atomic mass is 9.86. The lowest BCUT2D eigenvalue weighted by Crippen LogP contribution is -2.47. The zero-order valence-electron chi connectivity index (χ0n) is 14.4. The molecule has 3 aliphatic heterocycles. The van der Waals surface area contributed by atoms with Crippen LogP contribution in [0.15, 0.2) is 12.2 Å². The van der Waals surface area contributed by atoms with Gasteiger partial charge in [-0.3, -0.25) is 9.59 Å². The second-order valence-corrected chi connectivity index (χ2v) is 8.02. The number of ether oxygens (including phenoxy) is 1. The summed E-state index contributed by atoms with van der Waals surface area (Å²) in [6.07, 6.45) is 11.3. The number of amides is 2. The van der Waals surface area contributed by atoms with Gasteiger partial charge in [-0.15, -0.1) is 0 Å². The quantitative estimate of drug-likeness (QED) is 0.800. The maximum atomic E-state index is 12.7. The van der Waals surface area contributed by atoms with Crippen LogP contribution in [0.1, 0.15) is 45.4 Å². The van der Waals surface area contributed by atoms with Gasteiger partial charge in [0.25, 0.3) is 0 Å². The van der Waals surface area contributed by atoms with Crippen LogP contribution >= 0.6 is 0 Å². The van der Waals surface area contributed by atoms with Crippen molar-refractivity contribution in [2.24, 2.45) is 17.8 Å². The van der Waals surface area contributed by atoms with Gasteiger partial charge in [-0.05, 0) is 25.7 Å². The zero-order valence-corrected chi connectivity index (χ0v) is 14.4. The maximum absolute atomic E-state index is 12.7. The molecule has 4 rings (SSSR count). The Morgan fingerprint density at radius 3 is 2.38 bits per heavy atom. The Labute approximate surface area is 143 Å². The van der Waals surface area contributed by atoms with Gasteiger partial charge in [-0.25, -0.2) is 0 Å². The predicted molar refractivity (Wildman–Crippen MR) is 90.2 cm³/mol. The maximum Gasteiger partial charge on any atom is 0.244 e. The fourth-order valence-electron chi connectivity index (χ4n) is 5.00. The molecular weight excluding hydrogens is 304 g/mol. The molecule has 5 atom stereocenters. The number of nitrogens with zero attached hydrogens (tertiary/aromatic N) is 1. The van der Waals surface area contributed by atoms with E-state index in [2.05, 4.69) is 17.5 Å². The predicted octanol–water partition coefficient (Wildman–Crippen LogP) is 1.87. The number of fused-ring (bicyclic) bond motifs is 5. The van der Waals surface area contributed by atoms with Crippen LogP contribution < -0.4 is 5.32 Å². The van der Waals surface area contributed by atoms with E-state index in [4.69, 9.17) is 4.74 Å². The normalized spacial score (nSPS) is 36.0. The van der Waals surface area contributed by atoms with Crippen molar-refractivity contribution in [3.05, 3.63) is 12.2 Å². The summed E-state index contributed by atoms with van der Waals surface area (Å²) in [5, 5.41) is 2.93. The van der Waals surface area contributed by atoms with Crippen LogP contribution in [-0.4, -0.2) is 48.1 Å². The standard InChI is InChI=1S/C19H28N2O3/c1-12(20-18(22)9-13-5-3-2-4-6-13)19(23)21-10-14-15(11-21)17-8-7-16(14)24-17/h7-8,12-17H,2-6,9-11H2,1H3,(H,20,22). The van der Waals surface area contributed by atoms with Crippen LogP contribution in [0.4, 0.5) is 0 Å². The molecule has 1 saturated carbocycles. The van der Waals surface area contributed by atoms with Gasteiger partial charge in [0.05, 0.1) is 12.2 Å². The summed E-state index contributed by atoms with van der Waals surface area (Å²) >= 11 is 0. The minimum absolute atomic E-state index is 0.0345. The molecule has 3 heterocycles. The molecule has 3 fully saturated rings. The fourth-order valence-corrected chi connectivity index (χ4v) is 5.00. The van der Waals surface area contributed by atoms with Crippen LogP contribution in [-0.2, 0) is 14.3 Å². The summed E-state index contributed by atoms with van der Waals surface area (Å²) in [5.74, 6) is 1.47. The highest BCUT2D eigenvalue weighted by atomic mass is 16.5. The summed E-state index contributed by atoms with van der Waals surface area (Å²) in [6, 6.07) is -0.425. The number of hydrogen-bond acceptors (Lipinski definition) is 3. The van der Waals surface area contributed by atoms with E-state index in [1.165, 1.54) is 19.3 Å². The van der Waals surface area contributed by atoms with Gasteiger partial charge < -0.3 is 15.0 Å². The van der Waals surface area contributed by atoms with Crippen molar-refractivity contribution in [3.63, 3.8) is 0 Å². The number of rotatable bonds is 4. The van der Waals surface area contributed by atoms with Crippen LogP contribution in [0.5, 0.6) is 0 Å². The van der Waals surface area contributed by atoms with Gasteiger partial charge in [0.1, 0.15) is 6.04 Å². The molecule has 0 spiro atoms. The number of carbonyl (C=O) groups excluding carboxylic acids is 2. The van der Waals surface area contributed by atoms with Crippen LogP contribution in [0.3, 0.4) is 0 Å². The molecule has 0 aromatic rings. The molecule has 24 heavy (non-hydrogen) atoms. The van der Waals surface area contributed by atoms with E-state index < -0.39 is 6.04 Å². The topological polar surface area (TPSA) is 58.6 Å². The molecule has 5 unspecified atom stereocenters. The van der Waals surface area contributed by atoms with Crippen LogP contribution in [0, 0.1) is 17.8 Å².